The van der Waals surface area contributed by atoms with Gasteiger partial charge in [-0.1, -0.05) is 11.2 Å². The molecule has 0 saturated carbocycles. The van der Waals surface area contributed by atoms with E-state index in [9.17, 15) is 4.79 Å². The van der Waals surface area contributed by atoms with E-state index in [0.29, 0.717) is 22.8 Å². The highest BCUT2D eigenvalue weighted by Crippen LogP contribution is 2.38. The van der Waals surface area contributed by atoms with Crippen molar-refractivity contribution in [1.82, 2.24) is 5.16 Å². The molecule has 0 aliphatic heterocycles. The number of aryl methyl sites for hydroxylation is 2. The van der Waals surface area contributed by atoms with Gasteiger partial charge in [-0.05, 0) is 31.4 Å². The van der Waals surface area contributed by atoms with Crippen molar-refractivity contribution in [2.24, 2.45) is 0 Å². The molecular formula is C18H17NO4S. The molecule has 2 heterocycles. The van der Waals surface area contributed by atoms with Crippen LogP contribution in [0.25, 0.3) is 10.4 Å². The molecule has 0 unspecified atom stereocenters. The Bertz CT molecular complexity index is 833. The lowest BCUT2D eigenvalue weighted by Gasteiger charge is -2.13. The summed E-state index contributed by atoms with van der Waals surface area (Å²) in [6.45, 7) is 3.97. The Labute approximate surface area is 143 Å². The normalized spacial score (nSPS) is 10.6. The summed E-state index contributed by atoms with van der Waals surface area (Å²) in [5.74, 6) is 1.85. The van der Waals surface area contributed by atoms with Gasteiger partial charge in [-0.3, -0.25) is 4.79 Å². The van der Waals surface area contributed by atoms with Gasteiger partial charge < -0.3 is 14.0 Å². The monoisotopic (exact) mass is 343 g/mol. The third-order valence-corrected chi connectivity index (χ3v) is 4.70. The molecule has 0 amide bonds. The van der Waals surface area contributed by atoms with Crippen molar-refractivity contribution in [3.63, 3.8) is 0 Å². The molecule has 0 bridgehead atoms. The van der Waals surface area contributed by atoms with Crippen LogP contribution in [0.2, 0.25) is 0 Å². The van der Waals surface area contributed by atoms with Gasteiger partial charge in [0.2, 0.25) is 0 Å². The number of carbonyl (C=O) groups is 1. The quantitative estimate of drug-likeness (QED) is 0.620. The van der Waals surface area contributed by atoms with Crippen LogP contribution in [0.3, 0.4) is 0 Å². The highest BCUT2D eigenvalue weighted by molar-refractivity contribution is 7.13. The van der Waals surface area contributed by atoms with E-state index in [0.717, 1.165) is 28.0 Å². The standard InChI is InChI=1S/C18H17NO4S/c1-11-15(12(2)23-19-11)10-22-16-8-17(21-3)14(7-13(16)9-20)18-5-4-6-24-18/h4-9H,10H2,1-3H3. The van der Waals surface area contributed by atoms with Crippen LogP contribution in [0.5, 0.6) is 11.5 Å². The summed E-state index contributed by atoms with van der Waals surface area (Å²) in [4.78, 5) is 12.5. The molecule has 3 aromatic rings. The second kappa shape index (κ2) is 6.88. The van der Waals surface area contributed by atoms with Gasteiger partial charge in [-0.2, -0.15) is 0 Å². The number of aldehydes is 1. The lowest BCUT2D eigenvalue weighted by Crippen LogP contribution is -2.01. The number of methoxy groups -OCH3 is 1. The molecule has 5 nitrogen and oxygen atoms in total. The van der Waals surface area contributed by atoms with E-state index < -0.39 is 0 Å². The van der Waals surface area contributed by atoms with E-state index in [1.807, 2.05) is 31.4 Å². The van der Waals surface area contributed by atoms with Crippen molar-refractivity contribution in [2.45, 2.75) is 20.5 Å². The molecule has 6 heteroatoms. The lowest BCUT2D eigenvalue weighted by atomic mass is 10.1. The summed E-state index contributed by atoms with van der Waals surface area (Å²) in [7, 11) is 1.60. The second-order valence-corrected chi connectivity index (χ2v) is 6.22. The van der Waals surface area contributed by atoms with Gasteiger partial charge in [0.25, 0.3) is 0 Å². The van der Waals surface area contributed by atoms with Gasteiger partial charge in [0, 0.05) is 16.5 Å². The summed E-state index contributed by atoms with van der Waals surface area (Å²) in [5, 5.41) is 5.89. The SMILES string of the molecule is COc1cc(OCc2c(C)noc2C)c(C=O)cc1-c1cccs1. The maximum absolute atomic E-state index is 11.5. The van der Waals surface area contributed by atoms with E-state index in [1.165, 1.54) is 0 Å². The molecule has 2 aromatic heterocycles. The number of nitrogens with zero attached hydrogens (tertiary/aromatic N) is 1. The highest BCUT2D eigenvalue weighted by atomic mass is 32.1. The lowest BCUT2D eigenvalue weighted by molar-refractivity contribution is 0.111. The van der Waals surface area contributed by atoms with Gasteiger partial charge in [-0.15, -0.1) is 11.3 Å². The number of carbonyl (C=O) groups excluding carboxylic acids is 1. The van der Waals surface area contributed by atoms with Gasteiger partial charge in [0.15, 0.2) is 6.29 Å². The van der Waals surface area contributed by atoms with Crippen molar-refractivity contribution in [2.75, 3.05) is 7.11 Å². The maximum Gasteiger partial charge on any atom is 0.153 e. The van der Waals surface area contributed by atoms with Crippen LogP contribution >= 0.6 is 11.3 Å². The summed E-state index contributed by atoms with van der Waals surface area (Å²) < 4.78 is 16.4. The zero-order valence-corrected chi connectivity index (χ0v) is 14.5. The van der Waals surface area contributed by atoms with Gasteiger partial charge >= 0.3 is 0 Å². The first-order chi connectivity index (χ1) is 11.6. The van der Waals surface area contributed by atoms with Crippen molar-refractivity contribution in [3.05, 3.63) is 52.2 Å². The van der Waals surface area contributed by atoms with Gasteiger partial charge in [0.05, 0.1) is 23.9 Å². The topological polar surface area (TPSA) is 61.6 Å². The molecule has 3 rings (SSSR count). The molecular weight excluding hydrogens is 326 g/mol. The number of thiophene rings is 1. The highest BCUT2D eigenvalue weighted by Gasteiger charge is 2.15. The third-order valence-electron chi connectivity index (χ3n) is 3.80. The van der Waals surface area contributed by atoms with E-state index in [2.05, 4.69) is 5.16 Å². The molecule has 0 saturated heterocycles. The van der Waals surface area contributed by atoms with E-state index in [1.54, 1.807) is 30.6 Å². The number of hydrogen-bond donors (Lipinski definition) is 0. The van der Waals surface area contributed by atoms with Crippen LogP contribution in [-0.4, -0.2) is 18.6 Å². The maximum atomic E-state index is 11.5. The minimum absolute atomic E-state index is 0.281. The fraction of sp³-hybridized carbons (Fsp3) is 0.222. The molecule has 0 fully saturated rings. The summed E-state index contributed by atoms with van der Waals surface area (Å²) in [5.41, 5.74) is 3.01. The Morgan fingerprint density at radius 1 is 1.29 bits per heavy atom. The van der Waals surface area contributed by atoms with Crippen molar-refractivity contribution < 1.29 is 18.8 Å². The Balaban J connectivity index is 1.94. The number of ether oxygens (including phenoxy) is 2. The molecule has 24 heavy (non-hydrogen) atoms. The predicted molar refractivity (Wildman–Crippen MR) is 92.0 cm³/mol. The van der Waals surface area contributed by atoms with Gasteiger partial charge in [-0.25, -0.2) is 0 Å². The fourth-order valence-corrected chi connectivity index (χ4v) is 3.19. The Morgan fingerprint density at radius 3 is 2.71 bits per heavy atom. The molecule has 0 aliphatic rings. The van der Waals surface area contributed by atoms with E-state index >= 15 is 0 Å². The number of rotatable bonds is 6. The molecule has 124 valence electrons. The average Bonchev–Trinajstić information content (AvgIpc) is 3.23. The van der Waals surface area contributed by atoms with Crippen LogP contribution in [0.1, 0.15) is 27.4 Å². The first-order valence-corrected chi connectivity index (χ1v) is 8.27. The average molecular weight is 343 g/mol. The summed E-state index contributed by atoms with van der Waals surface area (Å²) in [6, 6.07) is 7.49. The molecule has 0 atom stereocenters. The Morgan fingerprint density at radius 2 is 2.12 bits per heavy atom. The molecule has 0 radical (unpaired) electrons. The zero-order valence-electron chi connectivity index (χ0n) is 13.7. The molecule has 0 aliphatic carbocycles. The first kappa shape index (κ1) is 16.3. The zero-order chi connectivity index (χ0) is 17.1. The predicted octanol–water partition coefficient (Wildman–Crippen LogP) is 4.42. The van der Waals surface area contributed by atoms with Crippen LogP contribution in [0, 0.1) is 13.8 Å². The van der Waals surface area contributed by atoms with Crippen molar-refractivity contribution in [3.8, 4) is 21.9 Å². The van der Waals surface area contributed by atoms with Crippen LogP contribution in [0.15, 0.2) is 34.2 Å². The Hall–Kier alpha value is -2.60. The summed E-state index contributed by atoms with van der Waals surface area (Å²) >= 11 is 1.59. The second-order valence-electron chi connectivity index (χ2n) is 5.28. The summed E-state index contributed by atoms with van der Waals surface area (Å²) in [6.07, 6.45) is 0.791. The first-order valence-electron chi connectivity index (χ1n) is 7.39. The molecule has 0 spiro atoms. The minimum atomic E-state index is 0.281. The number of aromatic nitrogens is 1. The number of hydrogen-bond acceptors (Lipinski definition) is 6. The van der Waals surface area contributed by atoms with Crippen LogP contribution in [0.4, 0.5) is 0 Å². The molecule has 0 N–H and O–H groups in total. The van der Waals surface area contributed by atoms with Crippen molar-refractivity contribution in [1.29, 1.82) is 0 Å². The minimum Gasteiger partial charge on any atom is -0.496 e. The Kier molecular flexibility index (Phi) is 4.66. The number of benzene rings is 1. The third kappa shape index (κ3) is 3.05. The fourth-order valence-electron chi connectivity index (χ4n) is 2.45. The van der Waals surface area contributed by atoms with Crippen LogP contribution < -0.4 is 9.47 Å². The van der Waals surface area contributed by atoms with E-state index in [-0.39, 0.29) is 6.61 Å². The van der Waals surface area contributed by atoms with E-state index in [4.69, 9.17) is 14.0 Å². The molecule has 1 aromatic carbocycles. The van der Waals surface area contributed by atoms with Crippen molar-refractivity contribution >= 4 is 17.6 Å². The van der Waals surface area contributed by atoms with Crippen LogP contribution in [-0.2, 0) is 6.61 Å². The smallest absolute Gasteiger partial charge is 0.153 e. The van der Waals surface area contributed by atoms with Gasteiger partial charge in [0.1, 0.15) is 23.9 Å². The largest absolute Gasteiger partial charge is 0.496 e.